The van der Waals surface area contributed by atoms with Crippen LogP contribution in [-0.4, -0.2) is 49.3 Å². The molecule has 0 aromatic carbocycles. The van der Waals surface area contributed by atoms with E-state index >= 15 is 0 Å². The second kappa shape index (κ2) is 5.50. The van der Waals surface area contributed by atoms with Gasteiger partial charge in [0, 0.05) is 51.0 Å². The van der Waals surface area contributed by atoms with Crippen molar-refractivity contribution in [1.82, 2.24) is 25.8 Å². The molecule has 3 N–H and O–H groups in total. The first-order valence-electron chi connectivity index (χ1n) is 5.44. The molecule has 15 heavy (non-hydrogen) atoms. The van der Waals surface area contributed by atoms with Gasteiger partial charge in [-0.15, -0.1) is 0 Å². The Labute approximate surface area is 90.8 Å². The molecular weight excluding hydrogens is 190 g/mol. The van der Waals surface area contributed by atoms with Gasteiger partial charge >= 0.3 is 0 Å². The van der Waals surface area contributed by atoms with Gasteiger partial charge in [0.25, 0.3) is 0 Å². The van der Waals surface area contributed by atoms with Crippen LogP contribution in [0, 0.1) is 0 Å². The molecule has 0 amide bonds. The third kappa shape index (κ3) is 3.36. The summed E-state index contributed by atoms with van der Waals surface area (Å²) >= 11 is 0. The highest BCUT2D eigenvalue weighted by Gasteiger charge is 2.03. The van der Waals surface area contributed by atoms with Crippen LogP contribution in [0.3, 0.4) is 0 Å². The standard InChI is InChI=1S/C10H19N5/c1(5-14-7-3-12-9-14)11-2-6-15-8-4-13-10-15/h3-4,7-8,11-13H,1-2,5-6,9-10H2. The van der Waals surface area contributed by atoms with Gasteiger partial charge in [-0.3, -0.25) is 0 Å². The Morgan fingerprint density at radius 2 is 1.47 bits per heavy atom. The topological polar surface area (TPSA) is 42.6 Å². The predicted molar refractivity (Wildman–Crippen MR) is 60.6 cm³/mol. The van der Waals surface area contributed by atoms with Gasteiger partial charge in [-0.25, -0.2) is 0 Å². The van der Waals surface area contributed by atoms with E-state index in [1.165, 1.54) is 0 Å². The van der Waals surface area contributed by atoms with Crippen LogP contribution in [-0.2, 0) is 0 Å². The molecule has 2 rings (SSSR count). The molecule has 5 nitrogen and oxygen atoms in total. The molecule has 0 aromatic heterocycles. The lowest BCUT2D eigenvalue weighted by molar-refractivity contribution is 0.360. The summed E-state index contributed by atoms with van der Waals surface area (Å²) in [6.07, 6.45) is 8.16. The SMILES string of the molecule is C1=CN(CCNCCN2C=CNC2)CN1. The Morgan fingerprint density at radius 1 is 0.933 bits per heavy atom. The Hall–Kier alpha value is -1.36. The highest BCUT2D eigenvalue weighted by molar-refractivity contribution is 4.88. The van der Waals surface area contributed by atoms with Gasteiger partial charge in [-0.2, -0.15) is 0 Å². The van der Waals surface area contributed by atoms with E-state index in [0.29, 0.717) is 0 Å². The lowest BCUT2D eigenvalue weighted by Gasteiger charge is -2.17. The van der Waals surface area contributed by atoms with Crippen molar-refractivity contribution >= 4 is 0 Å². The van der Waals surface area contributed by atoms with Crippen molar-refractivity contribution in [3.63, 3.8) is 0 Å². The molecule has 0 atom stereocenters. The normalized spacial score (nSPS) is 18.4. The minimum atomic E-state index is 0.945. The number of nitrogens with one attached hydrogen (secondary N) is 3. The zero-order chi connectivity index (χ0) is 10.3. The fourth-order valence-electron chi connectivity index (χ4n) is 1.64. The molecular formula is C10H19N5. The van der Waals surface area contributed by atoms with Gasteiger partial charge in [0.05, 0.1) is 13.3 Å². The van der Waals surface area contributed by atoms with Crippen molar-refractivity contribution in [2.75, 3.05) is 39.5 Å². The van der Waals surface area contributed by atoms with Crippen molar-refractivity contribution in [2.24, 2.45) is 0 Å². The molecule has 0 fully saturated rings. The maximum Gasteiger partial charge on any atom is 0.0868 e. The molecule has 0 saturated carbocycles. The summed E-state index contributed by atoms with van der Waals surface area (Å²) in [4.78, 5) is 4.51. The van der Waals surface area contributed by atoms with Crippen LogP contribution < -0.4 is 16.0 Å². The zero-order valence-corrected chi connectivity index (χ0v) is 8.95. The second-order valence-electron chi connectivity index (χ2n) is 3.73. The molecule has 2 aliphatic heterocycles. The van der Waals surface area contributed by atoms with Gasteiger partial charge in [0.15, 0.2) is 0 Å². The molecule has 0 saturated heterocycles. The summed E-state index contributed by atoms with van der Waals surface area (Å²) in [5.74, 6) is 0. The summed E-state index contributed by atoms with van der Waals surface area (Å²) in [6, 6.07) is 0. The molecule has 0 aromatic rings. The van der Waals surface area contributed by atoms with Crippen LogP contribution >= 0.6 is 0 Å². The maximum atomic E-state index is 3.43. The quantitative estimate of drug-likeness (QED) is 0.502. The molecule has 0 bridgehead atoms. The van der Waals surface area contributed by atoms with Crippen LogP contribution in [0.5, 0.6) is 0 Å². The molecule has 2 heterocycles. The van der Waals surface area contributed by atoms with E-state index in [2.05, 4.69) is 38.2 Å². The van der Waals surface area contributed by atoms with Gasteiger partial charge in [-0.1, -0.05) is 0 Å². The summed E-state index contributed by atoms with van der Waals surface area (Å²) in [5.41, 5.74) is 0. The fourth-order valence-corrected chi connectivity index (χ4v) is 1.64. The Kier molecular flexibility index (Phi) is 3.73. The van der Waals surface area contributed by atoms with E-state index in [-0.39, 0.29) is 0 Å². The summed E-state index contributed by atoms with van der Waals surface area (Å²) < 4.78 is 0. The summed E-state index contributed by atoms with van der Waals surface area (Å²) in [6.45, 7) is 6.10. The van der Waals surface area contributed by atoms with Crippen LogP contribution in [0.2, 0.25) is 0 Å². The van der Waals surface area contributed by atoms with E-state index in [4.69, 9.17) is 0 Å². The smallest absolute Gasteiger partial charge is 0.0868 e. The molecule has 0 aliphatic carbocycles. The van der Waals surface area contributed by atoms with E-state index in [1.54, 1.807) is 0 Å². The van der Waals surface area contributed by atoms with E-state index in [1.807, 2.05) is 12.4 Å². The van der Waals surface area contributed by atoms with Crippen molar-refractivity contribution in [3.8, 4) is 0 Å². The molecule has 5 heteroatoms. The molecule has 84 valence electrons. The zero-order valence-electron chi connectivity index (χ0n) is 8.95. The molecule has 2 aliphatic rings. The van der Waals surface area contributed by atoms with Gasteiger partial charge in [0.1, 0.15) is 0 Å². The van der Waals surface area contributed by atoms with Crippen LogP contribution in [0.1, 0.15) is 0 Å². The highest BCUT2D eigenvalue weighted by atomic mass is 15.3. The Morgan fingerprint density at radius 3 is 1.87 bits per heavy atom. The maximum absolute atomic E-state index is 3.43. The summed E-state index contributed by atoms with van der Waals surface area (Å²) in [7, 11) is 0. The first kappa shape index (κ1) is 10.2. The average Bonchev–Trinajstić information content (AvgIpc) is 2.88. The first-order chi connectivity index (χ1) is 7.45. The predicted octanol–water partition coefficient (Wildman–Crippen LogP) is -0.756. The van der Waals surface area contributed by atoms with Crippen LogP contribution in [0.25, 0.3) is 0 Å². The lowest BCUT2D eigenvalue weighted by atomic mass is 10.5. The van der Waals surface area contributed by atoms with Gasteiger partial charge in [-0.05, 0) is 0 Å². The summed E-state index contributed by atoms with van der Waals surface area (Å²) in [5, 5.41) is 9.73. The van der Waals surface area contributed by atoms with E-state index in [0.717, 1.165) is 39.5 Å². The Balaban J connectivity index is 1.44. The molecule has 0 unspecified atom stereocenters. The fraction of sp³-hybridized carbons (Fsp3) is 0.600. The van der Waals surface area contributed by atoms with Crippen LogP contribution in [0.15, 0.2) is 24.8 Å². The second-order valence-corrected chi connectivity index (χ2v) is 3.73. The number of rotatable bonds is 6. The highest BCUT2D eigenvalue weighted by Crippen LogP contribution is 1.93. The third-order valence-electron chi connectivity index (χ3n) is 2.55. The van der Waals surface area contributed by atoms with Gasteiger partial charge < -0.3 is 25.8 Å². The van der Waals surface area contributed by atoms with Crippen molar-refractivity contribution in [2.45, 2.75) is 0 Å². The third-order valence-corrected chi connectivity index (χ3v) is 2.55. The molecule has 0 spiro atoms. The van der Waals surface area contributed by atoms with Crippen molar-refractivity contribution < 1.29 is 0 Å². The Bertz CT molecular complexity index is 214. The van der Waals surface area contributed by atoms with Crippen molar-refractivity contribution in [3.05, 3.63) is 24.8 Å². The first-order valence-corrected chi connectivity index (χ1v) is 5.44. The van der Waals surface area contributed by atoms with Gasteiger partial charge in [0.2, 0.25) is 0 Å². The number of nitrogens with zero attached hydrogens (tertiary/aromatic N) is 2. The number of hydrogen-bond donors (Lipinski definition) is 3. The van der Waals surface area contributed by atoms with E-state index in [9.17, 15) is 0 Å². The number of hydrogen-bond acceptors (Lipinski definition) is 5. The van der Waals surface area contributed by atoms with E-state index < -0.39 is 0 Å². The minimum Gasteiger partial charge on any atom is -0.373 e. The monoisotopic (exact) mass is 209 g/mol. The average molecular weight is 209 g/mol. The molecule has 0 radical (unpaired) electrons. The minimum absolute atomic E-state index is 0.945. The van der Waals surface area contributed by atoms with Crippen molar-refractivity contribution in [1.29, 1.82) is 0 Å². The van der Waals surface area contributed by atoms with Crippen LogP contribution in [0.4, 0.5) is 0 Å². The largest absolute Gasteiger partial charge is 0.373 e. The lowest BCUT2D eigenvalue weighted by Crippen LogP contribution is -2.34.